The van der Waals surface area contributed by atoms with E-state index in [1.807, 2.05) is 0 Å². The van der Waals surface area contributed by atoms with Gasteiger partial charge in [0.1, 0.15) is 0 Å². The van der Waals surface area contributed by atoms with Gasteiger partial charge in [0, 0.05) is 18.1 Å². The largest absolute Gasteiger partial charge is 0.478 e. The normalized spacial score (nSPS) is 11.3. The van der Waals surface area contributed by atoms with Crippen LogP contribution in [-0.2, 0) is 9.84 Å². The van der Waals surface area contributed by atoms with Crippen molar-refractivity contribution in [1.82, 2.24) is 4.98 Å². The van der Waals surface area contributed by atoms with Crippen molar-refractivity contribution in [3.8, 4) is 11.1 Å². The lowest BCUT2D eigenvalue weighted by Gasteiger charge is -2.08. The summed E-state index contributed by atoms with van der Waals surface area (Å²) in [6.45, 7) is 1.76. The van der Waals surface area contributed by atoms with Crippen LogP contribution in [0.4, 0.5) is 0 Å². The van der Waals surface area contributed by atoms with Gasteiger partial charge in [-0.15, -0.1) is 0 Å². The van der Waals surface area contributed by atoms with Crippen LogP contribution in [-0.4, -0.2) is 30.7 Å². The molecule has 0 saturated carbocycles. The number of benzene rings is 1. The summed E-state index contributed by atoms with van der Waals surface area (Å²) in [5.74, 6) is -1.07. The van der Waals surface area contributed by atoms with Crippen molar-refractivity contribution >= 4 is 15.8 Å². The van der Waals surface area contributed by atoms with Crippen molar-refractivity contribution in [2.24, 2.45) is 0 Å². The molecule has 1 heterocycles. The summed E-state index contributed by atoms with van der Waals surface area (Å²) in [6, 6.07) is 7.78. The first-order chi connectivity index (χ1) is 9.29. The van der Waals surface area contributed by atoms with Gasteiger partial charge >= 0.3 is 5.97 Å². The molecule has 1 N–H and O–H groups in total. The molecule has 0 aliphatic rings. The Hall–Kier alpha value is -2.21. The zero-order valence-corrected chi connectivity index (χ0v) is 11.8. The third-order valence-electron chi connectivity index (χ3n) is 2.86. The standard InChI is InChI=1S/C14H13NO4S/c1-9-7-12(13(8-15-9)14(16)17)10-3-5-11(6-4-10)20(2,18)19/h3-8H,1-2H3,(H,16,17). The van der Waals surface area contributed by atoms with E-state index in [4.69, 9.17) is 5.11 Å². The van der Waals surface area contributed by atoms with Gasteiger partial charge in [-0.1, -0.05) is 12.1 Å². The predicted octanol–water partition coefficient (Wildman–Crippen LogP) is 2.16. The number of carboxylic acids is 1. The summed E-state index contributed by atoms with van der Waals surface area (Å²) in [5, 5.41) is 9.17. The van der Waals surface area contributed by atoms with Crippen molar-refractivity contribution in [2.45, 2.75) is 11.8 Å². The van der Waals surface area contributed by atoms with E-state index < -0.39 is 15.8 Å². The van der Waals surface area contributed by atoms with Crippen molar-refractivity contribution in [3.05, 3.63) is 47.8 Å². The van der Waals surface area contributed by atoms with E-state index in [0.29, 0.717) is 16.8 Å². The van der Waals surface area contributed by atoms with E-state index in [-0.39, 0.29) is 10.5 Å². The maximum atomic E-state index is 11.4. The lowest BCUT2D eigenvalue weighted by atomic mass is 10.0. The Kier molecular flexibility index (Phi) is 3.59. The van der Waals surface area contributed by atoms with Gasteiger partial charge in [-0.25, -0.2) is 13.2 Å². The number of hydrogen-bond acceptors (Lipinski definition) is 4. The Balaban J connectivity index is 2.57. The Labute approximate surface area is 116 Å². The van der Waals surface area contributed by atoms with Gasteiger partial charge in [0.25, 0.3) is 0 Å². The second kappa shape index (κ2) is 5.05. The fraction of sp³-hybridized carbons (Fsp3) is 0.143. The van der Waals surface area contributed by atoms with Crippen molar-refractivity contribution in [1.29, 1.82) is 0 Å². The zero-order valence-electron chi connectivity index (χ0n) is 11.0. The van der Waals surface area contributed by atoms with Gasteiger partial charge < -0.3 is 5.11 Å². The topological polar surface area (TPSA) is 84.3 Å². The van der Waals surface area contributed by atoms with Crippen LogP contribution >= 0.6 is 0 Å². The lowest BCUT2D eigenvalue weighted by Crippen LogP contribution is -2.02. The number of nitrogens with zero attached hydrogens (tertiary/aromatic N) is 1. The van der Waals surface area contributed by atoms with Crippen LogP contribution in [0.15, 0.2) is 41.4 Å². The molecule has 0 amide bonds. The number of aromatic nitrogens is 1. The molecule has 2 rings (SSSR count). The predicted molar refractivity (Wildman–Crippen MR) is 74.5 cm³/mol. The molecule has 2 aromatic rings. The third-order valence-corrected chi connectivity index (χ3v) is 3.99. The molecule has 0 spiro atoms. The fourth-order valence-corrected chi connectivity index (χ4v) is 2.48. The highest BCUT2D eigenvalue weighted by atomic mass is 32.2. The highest BCUT2D eigenvalue weighted by Crippen LogP contribution is 2.25. The molecule has 0 bridgehead atoms. The highest BCUT2D eigenvalue weighted by Gasteiger charge is 2.13. The van der Waals surface area contributed by atoms with Crippen LogP contribution in [0.1, 0.15) is 16.1 Å². The van der Waals surface area contributed by atoms with Gasteiger partial charge in [0.05, 0.1) is 10.5 Å². The van der Waals surface area contributed by atoms with Crippen molar-refractivity contribution < 1.29 is 18.3 Å². The van der Waals surface area contributed by atoms with Gasteiger partial charge in [-0.2, -0.15) is 0 Å². The summed E-state index contributed by atoms with van der Waals surface area (Å²) >= 11 is 0. The van der Waals surface area contributed by atoms with Gasteiger partial charge in [-0.3, -0.25) is 4.98 Å². The average Bonchev–Trinajstić information content (AvgIpc) is 2.37. The molecule has 1 aromatic carbocycles. The fourth-order valence-electron chi connectivity index (χ4n) is 1.85. The van der Waals surface area contributed by atoms with E-state index >= 15 is 0 Å². The smallest absolute Gasteiger partial charge is 0.337 e. The molecular formula is C14H13NO4S. The minimum absolute atomic E-state index is 0.0858. The molecule has 104 valence electrons. The Morgan fingerprint density at radius 1 is 1.20 bits per heavy atom. The van der Waals surface area contributed by atoms with Gasteiger partial charge in [0.2, 0.25) is 0 Å². The van der Waals surface area contributed by atoms with E-state index in [9.17, 15) is 13.2 Å². The summed E-state index contributed by atoms with van der Waals surface area (Å²) < 4.78 is 22.8. The number of rotatable bonds is 3. The van der Waals surface area contributed by atoms with Gasteiger partial charge in [-0.05, 0) is 36.2 Å². The second-order valence-corrected chi connectivity index (χ2v) is 6.49. The molecule has 20 heavy (non-hydrogen) atoms. The number of sulfone groups is 1. The first kappa shape index (κ1) is 14.2. The Morgan fingerprint density at radius 3 is 2.30 bits per heavy atom. The van der Waals surface area contributed by atoms with E-state index in [0.717, 1.165) is 6.26 Å². The molecule has 0 fully saturated rings. The molecule has 6 heteroatoms. The minimum Gasteiger partial charge on any atom is -0.478 e. The van der Waals surface area contributed by atoms with E-state index in [2.05, 4.69) is 4.98 Å². The zero-order chi connectivity index (χ0) is 14.9. The van der Waals surface area contributed by atoms with Crippen LogP contribution in [0.3, 0.4) is 0 Å². The quantitative estimate of drug-likeness (QED) is 0.936. The van der Waals surface area contributed by atoms with Crippen LogP contribution in [0.25, 0.3) is 11.1 Å². The molecular weight excluding hydrogens is 278 g/mol. The number of carbonyl (C=O) groups is 1. The monoisotopic (exact) mass is 291 g/mol. The molecule has 0 aliphatic carbocycles. The van der Waals surface area contributed by atoms with E-state index in [1.54, 1.807) is 25.1 Å². The SMILES string of the molecule is Cc1cc(-c2ccc(S(C)(=O)=O)cc2)c(C(=O)O)cn1. The van der Waals surface area contributed by atoms with Crippen molar-refractivity contribution in [3.63, 3.8) is 0 Å². The van der Waals surface area contributed by atoms with Crippen LogP contribution in [0.2, 0.25) is 0 Å². The number of aromatic carboxylic acids is 1. The van der Waals surface area contributed by atoms with Crippen LogP contribution < -0.4 is 0 Å². The molecule has 0 atom stereocenters. The summed E-state index contributed by atoms with van der Waals surface area (Å²) in [6.07, 6.45) is 2.43. The molecule has 5 nitrogen and oxygen atoms in total. The molecule has 0 saturated heterocycles. The summed E-state index contributed by atoms with van der Waals surface area (Å²) in [5.41, 5.74) is 1.94. The number of pyridine rings is 1. The number of aryl methyl sites for hydroxylation is 1. The van der Waals surface area contributed by atoms with Gasteiger partial charge in [0.15, 0.2) is 9.84 Å². The summed E-state index contributed by atoms with van der Waals surface area (Å²) in [7, 11) is -3.27. The second-order valence-electron chi connectivity index (χ2n) is 4.47. The maximum absolute atomic E-state index is 11.4. The first-order valence-electron chi connectivity index (χ1n) is 5.79. The molecule has 0 aliphatic heterocycles. The Bertz CT molecular complexity index is 764. The third kappa shape index (κ3) is 2.85. The maximum Gasteiger partial charge on any atom is 0.337 e. The van der Waals surface area contributed by atoms with E-state index in [1.165, 1.54) is 18.3 Å². The van der Waals surface area contributed by atoms with Crippen LogP contribution in [0.5, 0.6) is 0 Å². The average molecular weight is 291 g/mol. The lowest BCUT2D eigenvalue weighted by molar-refractivity contribution is 0.0697. The number of hydrogen-bond donors (Lipinski definition) is 1. The minimum atomic E-state index is -3.27. The molecule has 0 unspecified atom stereocenters. The Morgan fingerprint density at radius 2 is 1.80 bits per heavy atom. The molecule has 1 aromatic heterocycles. The number of carboxylic acid groups (broad SMARTS) is 1. The van der Waals surface area contributed by atoms with Crippen molar-refractivity contribution in [2.75, 3.05) is 6.26 Å². The molecule has 0 radical (unpaired) electrons. The highest BCUT2D eigenvalue weighted by molar-refractivity contribution is 7.90. The first-order valence-corrected chi connectivity index (χ1v) is 7.68. The van der Waals surface area contributed by atoms with Crippen LogP contribution in [0, 0.1) is 6.92 Å². The summed E-state index contributed by atoms with van der Waals surface area (Å²) in [4.78, 5) is 15.4.